The van der Waals surface area contributed by atoms with E-state index in [4.69, 9.17) is 25.8 Å². The topological polar surface area (TPSA) is 85.3 Å². The Labute approximate surface area is 198 Å². The summed E-state index contributed by atoms with van der Waals surface area (Å²) in [5.41, 5.74) is 0.950. The summed E-state index contributed by atoms with van der Waals surface area (Å²) in [6.07, 6.45) is 0.587. The number of aliphatic hydroxyl groups is 1. The molecular weight excluding hydrogens is 446 g/mol. The van der Waals surface area contributed by atoms with E-state index in [0.29, 0.717) is 40.7 Å². The quantitative estimate of drug-likeness (QED) is 0.248. The predicted octanol–water partition coefficient (Wildman–Crippen LogP) is 4.59. The molecular formula is C25H28ClNO6. The lowest BCUT2D eigenvalue weighted by Crippen LogP contribution is -2.31. The standard InChI is InChI=1S/C25H28ClNO6/c1-15(2)33-13-5-12-27-22(19-11-10-18(31-3)14-20(19)32-4)21(24(29)25(27)30)23(28)16-6-8-17(26)9-7-16/h6-11,14-15,22,28H,5,12-13H2,1-4H3/t22-/m0/s1. The molecule has 1 heterocycles. The molecule has 33 heavy (non-hydrogen) atoms. The Morgan fingerprint density at radius 1 is 1.09 bits per heavy atom. The smallest absolute Gasteiger partial charge is 0.295 e. The van der Waals surface area contributed by atoms with Crippen molar-refractivity contribution >= 4 is 29.1 Å². The maximum absolute atomic E-state index is 13.1. The third-order valence-corrected chi connectivity index (χ3v) is 5.64. The van der Waals surface area contributed by atoms with Crippen LogP contribution in [0.3, 0.4) is 0 Å². The minimum absolute atomic E-state index is 0.00410. The van der Waals surface area contributed by atoms with Gasteiger partial charge in [-0.2, -0.15) is 0 Å². The van der Waals surface area contributed by atoms with E-state index in [9.17, 15) is 14.7 Å². The monoisotopic (exact) mass is 473 g/mol. The molecule has 1 N–H and O–H groups in total. The summed E-state index contributed by atoms with van der Waals surface area (Å²) in [4.78, 5) is 27.6. The van der Waals surface area contributed by atoms with E-state index in [2.05, 4.69) is 0 Å². The predicted molar refractivity (Wildman–Crippen MR) is 126 cm³/mol. The highest BCUT2D eigenvalue weighted by Crippen LogP contribution is 2.43. The van der Waals surface area contributed by atoms with Crippen LogP contribution in [0.5, 0.6) is 11.5 Å². The zero-order valence-corrected chi connectivity index (χ0v) is 19.9. The number of ketones is 1. The zero-order chi connectivity index (χ0) is 24.1. The molecule has 0 bridgehead atoms. The van der Waals surface area contributed by atoms with Crippen molar-refractivity contribution in [1.82, 2.24) is 4.90 Å². The van der Waals surface area contributed by atoms with Gasteiger partial charge < -0.3 is 24.2 Å². The fourth-order valence-corrected chi connectivity index (χ4v) is 3.92. The van der Waals surface area contributed by atoms with Gasteiger partial charge in [0.2, 0.25) is 0 Å². The van der Waals surface area contributed by atoms with Crippen molar-refractivity contribution in [2.24, 2.45) is 0 Å². The molecule has 1 atom stereocenters. The number of halogens is 1. The van der Waals surface area contributed by atoms with Crippen molar-refractivity contribution < 1.29 is 28.9 Å². The number of rotatable bonds is 9. The lowest BCUT2D eigenvalue weighted by Gasteiger charge is -2.27. The van der Waals surface area contributed by atoms with Gasteiger partial charge in [-0.15, -0.1) is 0 Å². The highest BCUT2D eigenvalue weighted by Gasteiger charge is 2.46. The number of amides is 1. The molecule has 0 saturated carbocycles. The SMILES string of the molecule is COc1ccc([C@H]2C(=C(O)c3ccc(Cl)cc3)C(=O)C(=O)N2CCCOC(C)C)c(OC)c1. The van der Waals surface area contributed by atoms with Gasteiger partial charge in [0.05, 0.1) is 31.9 Å². The second-order valence-corrected chi connectivity index (χ2v) is 8.32. The third kappa shape index (κ3) is 5.31. The molecule has 2 aromatic carbocycles. The molecule has 1 amide bonds. The third-order valence-electron chi connectivity index (χ3n) is 5.39. The number of likely N-dealkylation sites (tertiary alicyclic amines) is 1. The molecule has 8 heteroatoms. The molecule has 0 radical (unpaired) electrons. The molecule has 3 rings (SSSR count). The van der Waals surface area contributed by atoms with Gasteiger partial charge in [-0.3, -0.25) is 9.59 Å². The van der Waals surface area contributed by atoms with E-state index in [1.54, 1.807) is 42.5 Å². The minimum Gasteiger partial charge on any atom is -0.507 e. The molecule has 0 unspecified atom stereocenters. The Morgan fingerprint density at radius 3 is 2.39 bits per heavy atom. The Kier molecular flexibility index (Phi) is 8.00. The Morgan fingerprint density at radius 2 is 1.79 bits per heavy atom. The summed E-state index contributed by atoms with van der Waals surface area (Å²) in [5, 5.41) is 11.6. The number of nitrogens with zero attached hydrogens (tertiary/aromatic N) is 1. The van der Waals surface area contributed by atoms with E-state index >= 15 is 0 Å². The second kappa shape index (κ2) is 10.7. The first-order valence-electron chi connectivity index (χ1n) is 10.7. The number of aliphatic hydroxyl groups excluding tert-OH is 1. The van der Waals surface area contributed by atoms with Crippen molar-refractivity contribution in [3.63, 3.8) is 0 Å². The van der Waals surface area contributed by atoms with Crippen LogP contribution in [0.4, 0.5) is 0 Å². The number of ether oxygens (including phenoxy) is 3. The molecule has 176 valence electrons. The number of methoxy groups -OCH3 is 2. The second-order valence-electron chi connectivity index (χ2n) is 7.88. The largest absolute Gasteiger partial charge is 0.507 e. The van der Waals surface area contributed by atoms with Crippen LogP contribution in [-0.4, -0.2) is 55.2 Å². The molecule has 0 spiro atoms. The van der Waals surface area contributed by atoms with Crippen molar-refractivity contribution in [3.8, 4) is 11.5 Å². The summed E-state index contributed by atoms with van der Waals surface area (Å²) in [5.74, 6) is -0.705. The zero-order valence-electron chi connectivity index (χ0n) is 19.1. The number of carbonyl (C=O) groups excluding carboxylic acids is 2. The normalized spacial score (nSPS) is 17.6. The van der Waals surface area contributed by atoms with E-state index in [-0.39, 0.29) is 24.0 Å². The molecule has 1 fully saturated rings. The van der Waals surface area contributed by atoms with Crippen LogP contribution in [0.2, 0.25) is 5.02 Å². The van der Waals surface area contributed by atoms with Crippen LogP contribution < -0.4 is 9.47 Å². The van der Waals surface area contributed by atoms with Crippen LogP contribution in [0, 0.1) is 0 Å². The Bertz CT molecular complexity index is 1050. The lowest BCUT2D eigenvalue weighted by molar-refractivity contribution is -0.140. The molecule has 0 aliphatic carbocycles. The number of hydrogen-bond acceptors (Lipinski definition) is 6. The minimum atomic E-state index is -0.833. The van der Waals surface area contributed by atoms with Gasteiger partial charge in [-0.05, 0) is 56.7 Å². The van der Waals surface area contributed by atoms with E-state index in [1.165, 1.54) is 19.1 Å². The van der Waals surface area contributed by atoms with Gasteiger partial charge in [0.1, 0.15) is 17.3 Å². The Balaban J connectivity index is 2.11. The van der Waals surface area contributed by atoms with Gasteiger partial charge in [0, 0.05) is 35.4 Å². The van der Waals surface area contributed by atoms with Gasteiger partial charge in [0.25, 0.3) is 11.7 Å². The maximum atomic E-state index is 13.1. The summed E-state index contributed by atoms with van der Waals surface area (Å²) in [6, 6.07) is 10.7. The molecule has 1 aliphatic rings. The summed E-state index contributed by atoms with van der Waals surface area (Å²) in [7, 11) is 3.04. The van der Waals surface area contributed by atoms with Crippen molar-refractivity contribution in [2.45, 2.75) is 32.4 Å². The number of hydrogen-bond donors (Lipinski definition) is 1. The number of Topliss-reactive ketones (excluding diaryl/α,β-unsaturated/α-hetero) is 1. The summed E-state index contributed by atoms with van der Waals surface area (Å²) in [6.45, 7) is 4.57. The van der Waals surface area contributed by atoms with Crippen LogP contribution in [0.25, 0.3) is 5.76 Å². The highest BCUT2D eigenvalue weighted by atomic mass is 35.5. The van der Waals surface area contributed by atoms with E-state index in [0.717, 1.165) is 0 Å². The lowest BCUT2D eigenvalue weighted by atomic mass is 9.94. The highest BCUT2D eigenvalue weighted by molar-refractivity contribution is 6.46. The van der Waals surface area contributed by atoms with E-state index < -0.39 is 17.7 Å². The average Bonchev–Trinajstić information content (AvgIpc) is 3.06. The van der Waals surface area contributed by atoms with Gasteiger partial charge in [-0.25, -0.2) is 0 Å². The Hall–Kier alpha value is -3.03. The van der Waals surface area contributed by atoms with Crippen LogP contribution >= 0.6 is 11.6 Å². The van der Waals surface area contributed by atoms with Crippen molar-refractivity contribution in [2.75, 3.05) is 27.4 Å². The van der Waals surface area contributed by atoms with Gasteiger partial charge in [0.15, 0.2) is 0 Å². The molecule has 7 nitrogen and oxygen atoms in total. The van der Waals surface area contributed by atoms with Crippen molar-refractivity contribution in [3.05, 3.63) is 64.2 Å². The van der Waals surface area contributed by atoms with E-state index in [1.807, 2.05) is 13.8 Å². The van der Waals surface area contributed by atoms with Crippen LogP contribution in [0.1, 0.15) is 37.4 Å². The first-order chi connectivity index (χ1) is 15.8. The molecule has 0 aromatic heterocycles. The molecule has 1 saturated heterocycles. The summed E-state index contributed by atoms with van der Waals surface area (Å²) >= 11 is 5.97. The first kappa shape index (κ1) is 24.6. The van der Waals surface area contributed by atoms with Crippen LogP contribution in [0.15, 0.2) is 48.0 Å². The summed E-state index contributed by atoms with van der Waals surface area (Å²) < 4.78 is 16.4. The fraction of sp³-hybridized carbons (Fsp3) is 0.360. The first-order valence-corrected chi connectivity index (χ1v) is 11.0. The van der Waals surface area contributed by atoms with Crippen LogP contribution in [-0.2, 0) is 14.3 Å². The average molecular weight is 474 g/mol. The number of carbonyl (C=O) groups is 2. The van der Waals surface area contributed by atoms with Gasteiger partial charge in [-0.1, -0.05) is 11.6 Å². The molecule has 2 aromatic rings. The van der Waals surface area contributed by atoms with Crippen molar-refractivity contribution in [1.29, 1.82) is 0 Å². The molecule has 1 aliphatic heterocycles. The fourth-order valence-electron chi connectivity index (χ4n) is 3.80. The number of benzene rings is 2. The maximum Gasteiger partial charge on any atom is 0.295 e. The van der Waals surface area contributed by atoms with Gasteiger partial charge >= 0.3 is 0 Å².